The molecule has 0 saturated carbocycles. The van der Waals surface area contributed by atoms with Gasteiger partial charge in [0.1, 0.15) is 5.82 Å². The first-order chi connectivity index (χ1) is 9.06. The van der Waals surface area contributed by atoms with Crippen LogP contribution in [0.3, 0.4) is 0 Å². The third-order valence-corrected chi connectivity index (χ3v) is 3.01. The number of carbonyl (C=O) groups excluding carboxylic acids is 2. The van der Waals surface area contributed by atoms with Gasteiger partial charge in [0.05, 0.1) is 5.57 Å². The Morgan fingerprint density at radius 3 is 2.37 bits per heavy atom. The summed E-state index contributed by atoms with van der Waals surface area (Å²) < 4.78 is 12.8. The smallest absolute Gasteiger partial charge is 0.296 e. The topological polar surface area (TPSA) is 57.6 Å². The van der Waals surface area contributed by atoms with E-state index in [2.05, 4.69) is 0 Å². The fourth-order valence-electron chi connectivity index (χ4n) is 1.96. The number of aliphatic hydroxyl groups is 1. The van der Waals surface area contributed by atoms with Crippen LogP contribution in [0.2, 0.25) is 0 Å². The summed E-state index contributed by atoms with van der Waals surface area (Å²) in [5.74, 6) is -2.21. The van der Waals surface area contributed by atoms with E-state index < -0.39 is 23.4 Å². The number of rotatable bonds is 4. The maximum Gasteiger partial charge on any atom is 0.296 e. The summed E-state index contributed by atoms with van der Waals surface area (Å²) in [4.78, 5) is 24.9. The zero-order chi connectivity index (χ0) is 14.0. The maximum absolute atomic E-state index is 12.8. The molecule has 19 heavy (non-hydrogen) atoms. The Morgan fingerprint density at radius 2 is 1.79 bits per heavy atom. The van der Waals surface area contributed by atoms with Gasteiger partial charge in [-0.3, -0.25) is 14.5 Å². The first kappa shape index (κ1) is 13.3. The molecule has 0 bridgehead atoms. The van der Waals surface area contributed by atoms with Gasteiger partial charge in [-0.1, -0.05) is 25.5 Å². The van der Waals surface area contributed by atoms with E-state index in [4.69, 9.17) is 0 Å². The van der Waals surface area contributed by atoms with E-state index in [9.17, 15) is 19.1 Å². The minimum absolute atomic E-state index is 0.0545. The molecule has 100 valence electrons. The molecule has 4 nitrogen and oxygen atoms in total. The number of unbranched alkanes of at least 4 members (excludes halogenated alkanes) is 1. The first-order valence-corrected chi connectivity index (χ1v) is 6.11. The van der Waals surface area contributed by atoms with Gasteiger partial charge in [-0.15, -0.1) is 0 Å². The normalized spacial score (nSPS) is 15.6. The second-order valence-electron chi connectivity index (χ2n) is 4.35. The number of amides is 2. The zero-order valence-corrected chi connectivity index (χ0v) is 10.5. The summed E-state index contributed by atoms with van der Waals surface area (Å²) in [7, 11) is 0. The molecular weight excluding hydrogens is 249 g/mol. The van der Waals surface area contributed by atoms with Crippen LogP contribution in [0.25, 0.3) is 5.57 Å². The Morgan fingerprint density at radius 1 is 1.16 bits per heavy atom. The Hall–Kier alpha value is -2.17. The van der Waals surface area contributed by atoms with E-state index in [0.717, 1.165) is 11.3 Å². The Balaban J connectivity index is 2.32. The molecule has 0 unspecified atom stereocenters. The van der Waals surface area contributed by atoms with E-state index in [-0.39, 0.29) is 12.1 Å². The molecule has 1 aliphatic heterocycles. The molecule has 1 N–H and O–H groups in total. The molecule has 2 amide bonds. The fourth-order valence-corrected chi connectivity index (χ4v) is 1.96. The third kappa shape index (κ3) is 2.36. The predicted molar refractivity (Wildman–Crippen MR) is 67.6 cm³/mol. The van der Waals surface area contributed by atoms with E-state index in [0.29, 0.717) is 12.0 Å². The van der Waals surface area contributed by atoms with Gasteiger partial charge in [0.15, 0.2) is 5.76 Å². The quantitative estimate of drug-likeness (QED) is 0.848. The lowest BCUT2D eigenvalue weighted by Gasteiger charge is -2.13. The van der Waals surface area contributed by atoms with Crippen LogP contribution in [-0.4, -0.2) is 28.4 Å². The van der Waals surface area contributed by atoms with Gasteiger partial charge < -0.3 is 5.11 Å². The van der Waals surface area contributed by atoms with Gasteiger partial charge in [-0.05, 0) is 24.1 Å². The number of benzene rings is 1. The fraction of sp³-hybridized carbons (Fsp3) is 0.286. The Kier molecular flexibility index (Phi) is 3.64. The van der Waals surface area contributed by atoms with E-state index in [1.807, 2.05) is 6.92 Å². The largest absolute Gasteiger partial charge is 0.502 e. The highest BCUT2D eigenvalue weighted by molar-refractivity contribution is 6.34. The number of halogens is 1. The number of nitrogens with zero attached hydrogens (tertiary/aromatic N) is 1. The maximum atomic E-state index is 12.8. The minimum atomic E-state index is -0.683. The first-order valence-electron chi connectivity index (χ1n) is 6.11. The molecule has 1 aliphatic rings. The summed E-state index contributed by atoms with van der Waals surface area (Å²) in [5, 5.41) is 9.79. The Bertz CT molecular complexity index is 548. The molecule has 1 heterocycles. The van der Waals surface area contributed by atoms with Crippen molar-refractivity contribution in [1.82, 2.24) is 4.90 Å². The standard InChI is InChI=1S/C14H14FNO3/c1-2-3-8-16-13(18)11(12(17)14(16)19)9-4-6-10(15)7-5-9/h4-7,17H,2-3,8H2,1H3. The van der Waals surface area contributed by atoms with Crippen LogP contribution in [0.1, 0.15) is 25.3 Å². The molecule has 0 fully saturated rings. The SMILES string of the molecule is CCCCN1C(=O)C(O)=C(c2ccc(F)cc2)C1=O. The van der Waals surface area contributed by atoms with Crippen LogP contribution in [0.4, 0.5) is 4.39 Å². The number of hydrogen-bond acceptors (Lipinski definition) is 3. The van der Waals surface area contributed by atoms with Gasteiger partial charge in [-0.2, -0.15) is 0 Å². The van der Waals surface area contributed by atoms with Crippen molar-refractivity contribution < 1.29 is 19.1 Å². The van der Waals surface area contributed by atoms with Crippen LogP contribution in [0.15, 0.2) is 30.0 Å². The lowest BCUT2D eigenvalue weighted by molar-refractivity contribution is -0.138. The van der Waals surface area contributed by atoms with Gasteiger partial charge in [0.25, 0.3) is 11.8 Å². The highest BCUT2D eigenvalue weighted by atomic mass is 19.1. The summed E-state index contributed by atoms with van der Waals surface area (Å²) in [5.41, 5.74) is 0.289. The molecule has 0 aliphatic carbocycles. The van der Waals surface area contributed by atoms with Gasteiger partial charge in [-0.25, -0.2) is 4.39 Å². The molecule has 0 radical (unpaired) electrons. The molecule has 1 aromatic rings. The van der Waals surface area contributed by atoms with Crippen molar-refractivity contribution in [1.29, 1.82) is 0 Å². The monoisotopic (exact) mass is 263 g/mol. The van der Waals surface area contributed by atoms with Crippen LogP contribution in [-0.2, 0) is 9.59 Å². The summed E-state index contributed by atoms with van der Waals surface area (Å²) in [6, 6.07) is 5.11. The average molecular weight is 263 g/mol. The number of imide groups is 1. The van der Waals surface area contributed by atoms with Crippen molar-refractivity contribution in [3.63, 3.8) is 0 Å². The lowest BCUT2D eigenvalue weighted by Crippen LogP contribution is -2.32. The van der Waals surface area contributed by atoms with Crippen LogP contribution < -0.4 is 0 Å². The minimum Gasteiger partial charge on any atom is -0.502 e. The van der Waals surface area contributed by atoms with Crippen molar-refractivity contribution in [2.45, 2.75) is 19.8 Å². The van der Waals surface area contributed by atoms with Crippen molar-refractivity contribution in [2.75, 3.05) is 6.54 Å². The van der Waals surface area contributed by atoms with Gasteiger partial charge in [0.2, 0.25) is 0 Å². The van der Waals surface area contributed by atoms with Crippen molar-refractivity contribution in [3.8, 4) is 0 Å². The number of carbonyl (C=O) groups is 2. The number of aliphatic hydroxyl groups excluding tert-OH is 1. The second-order valence-corrected chi connectivity index (χ2v) is 4.35. The zero-order valence-electron chi connectivity index (χ0n) is 10.5. The average Bonchev–Trinajstić information content (AvgIpc) is 2.60. The van der Waals surface area contributed by atoms with Crippen molar-refractivity contribution in [2.24, 2.45) is 0 Å². The van der Waals surface area contributed by atoms with E-state index in [1.165, 1.54) is 24.3 Å². The second kappa shape index (κ2) is 5.22. The van der Waals surface area contributed by atoms with E-state index >= 15 is 0 Å². The molecular formula is C14H14FNO3. The Labute approximate surface area is 110 Å². The summed E-state index contributed by atoms with van der Waals surface area (Å²) in [6.45, 7) is 2.22. The molecule has 0 spiro atoms. The molecule has 2 rings (SSSR count). The van der Waals surface area contributed by atoms with Crippen molar-refractivity contribution >= 4 is 17.4 Å². The molecule has 1 aromatic carbocycles. The molecule has 0 saturated heterocycles. The highest BCUT2D eigenvalue weighted by Crippen LogP contribution is 2.28. The highest BCUT2D eigenvalue weighted by Gasteiger charge is 2.38. The molecule has 5 heteroatoms. The summed E-state index contributed by atoms with van der Waals surface area (Å²) >= 11 is 0. The third-order valence-electron chi connectivity index (χ3n) is 3.01. The van der Waals surface area contributed by atoms with Crippen molar-refractivity contribution in [3.05, 3.63) is 41.4 Å². The predicted octanol–water partition coefficient (Wildman–Crippen LogP) is 2.26. The summed E-state index contributed by atoms with van der Waals surface area (Å²) in [6.07, 6.45) is 1.52. The van der Waals surface area contributed by atoms with E-state index in [1.54, 1.807) is 0 Å². The van der Waals surface area contributed by atoms with Crippen LogP contribution in [0.5, 0.6) is 0 Å². The molecule has 0 atom stereocenters. The van der Waals surface area contributed by atoms with Crippen LogP contribution >= 0.6 is 0 Å². The number of hydrogen-bond donors (Lipinski definition) is 1. The van der Waals surface area contributed by atoms with Gasteiger partial charge >= 0.3 is 0 Å². The molecule has 0 aromatic heterocycles. The van der Waals surface area contributed by atoms with Crippen LogP contribution in [0, 0.1) is 5.82 Å². The lowest BCUT2D eigenvalue weighted by atomic mass is 10.1. The van der Waals surface area contributed by atoms with Gasteiger partial charge in [0, 0.05) is 6.54 Å².